The molecule has 2 N–H and O–H groups in total. The molecule has 20 heavy (non-hydrogen) atoms. The van der Waals surface area contributed by atoms with Gasteiger partial charge in [0.05, 0.1) is 11.9 Å². The van der Waals surface area contributed by atoms with E-state index >= 15 is 0 Å². The van der Waals surface area contributed by atoms with Crippen LogP contribution < -0.4 is 4.72 Å². The zero-order valence-corrected chi connectivity index (χ0v) is 13.3. The summed E-state index contributed by atoms with van der Waals surface area (Å²) in [6.07, 6.45) is 4.84. The van der Waals surface area contributed by atoms with Gasteiger partial charge >= 0.3 is 0 Å². The lowest BCUT2D eigenvalue weighted by molar-refractivity contribution is 0.127. The zero-order chi connectivity index (χ0) is 14.8. The van der Waals surface area contributed by atoms with E-state index in [4.69, 9.17) is 0 Å². The minimum atomic E-state index is -3.51. The molecule has 3 unspecified atom stereocenters. The fourth-order valence-corrected chi connectivity index (χ4v) is 6.09. The van der Waals surface area contributed by atoms with E-state index in [2.05, 4.69) is 35.7 Å². The minimum Gasteiger partial charge on any atom is -0.281 e. The Labute approximate surface area is 120 Å². The van der Waals surface area contributed by atoms with E-state index < -0.39 is 10.0 Å². The van der Waals surface area contributed by atoms with Gasteiger partial charge in [0.2, 0.25) is 10.0 Å². The molecule has 0 amide bonds. The first kappa shape index (κ1) is 14.1. The maximum absolute atomic E-state index is 12.6. The normalized spacial score (nSPS) is 35.6. The first-order valence-corrected chi connectivity index (χ1v) is 8.67. The number of fused-ring (bicyclic) bond motifs is 2. The second kappa shape index (κ2) is 4.07. The van der Waals surface area contributed by atoms with E-state index in [1.54, 1.807) is 6.92 Å². The molecule has 6 heteroatoms. The van der Waals surface area contributed by atoms with Crippen LogP contribution >= 0.6 is 0 Å². The largest absolute Gasteiger partial charge is 0.281 e. The number of nitrogens with zero attached hydrogens (tertiary/aromatic N) is 1. The smallest absolute Gasteiger partial charge is 0.244 e. The number of nitrogens with one attached hydrogen (secondary N) is 2. The summed E-state index contributed by atoms with van der Waals surface area (Å²) in [5.41, 5.74) is 0.681. The molecule has 3 rings (SSSR count). The number of sulfonamides is 1. The minimum absolute atomic E-state index is 0.00644. The molecular formula is C14H23N3O2S. The van der Waals surface area contributed by atoms with Crippen molar-refractivity contribution >= 4 is 10.0 Å². The summed E-state index contributed by atoms with van der Waals surface area (Å²) in [7, 11) is -3.51. The molecule has 2 saturated carbocycles. The number of hydrogen-bond acceptors (Lipinski definition) is 3. The number of aromatic amines is 1. The number of H-pyrrole nitrogens is 1. The van der Waals surface area contributed by atoms with E-state index in [0.29, 0.717) is 11.6 Å². The molecule has 2 fully saturated rings. The Morgan fingerprint density at radius 3 is 2.60 bits per heavy atom. The molecule has 0 aliphatic heterocycles. The second-order valence-corrected chi connectivity index (χ2v) is 9.01. The molecule has 3 atom stereocenters. The van der Waals surface area contributed by atoms with Crippen molar-refractivity contribution in [2.24, 2.45) is 16.7 Å². The maximum atomic E-state index is 12.6. The molecular weight excluding hydrogens is 274 g/mol. The standard InChI is InChI=1S/C14H23N3O2S/c1-9-11(8-15-16-9)20(18,19)17-12-13(2,3)10-5-6-14(12,4)7-10/h8,10,12,17H,5-7H2,1-4H3,(H,15,16). The van der Waals surface area contributed by atoms with Crippen LogP contribution in [0.5, 0.6) is 0 Å². The lowest BCUT2D eigenvalue weighted by atomic mass is 9.69. The molecule has 1 aromatic heterocycles. The van der Waals surface area contributed by atoms with Crippen LogP contribution in [0.25, 0.3) is 0 Å². The summed E-state index contributed by atoms with van der Waals surface area (Å²) in [6, 6.07) is -0.00644. The predicted molar refractivity (Wildman–Crippen MR) is 76.7 cm³/mol. The van der Waals surface area contributed by atoms with Crippen LogP contribution in [0.4, 0.5) is 0 Å². The summed E-state index contributed by atoms with van der Waals surface area (Å²) in [6.45, 7) is 8.33. The summed E-state index contributed by atoms with van der Waals surface area (Å²) in [4.78, 5) is 0.264. The number of hydrogen-bond donors (Lipinski definition) is 2. The van der Waals surface area contributed by atoms with Gasteiger partial charge in [0, 0.05) is 6.04 Å². The van der Waals surface area contributed by atoms with Gasteiger partial charge in [-0.25, -0.2) is 13.1 Å². The highest BCUT2D eigenvalue weighted by Gasteiger charge is 2.60. The maximum Gasteiger partial charge on any atom is 0.244 e. The highest BCUT2D eigenvalue weighted by atomic mass is 32.2. The van der Waals surface area contributed by atoms with Crippen LogP contribution in [0.3, 0.4) is 0 Å². The van der Waals surface area contributed by atoms with E-state index in [1.807, 2.05) is 0 Å². The van der Waals surface area contributed by atoms with E-state index in [9.17, 15) is 8.42 Å². The number of rotatable bonds is 3. The van der Waals surface area contributed by atoms with Crippen molar-refractivity contribution in [2.75, 3.05) is 0 Å². The molecule has 2 aliphatic carbocycles. The Morgan fingerprint density at radius 2 is 2.10 bits per heavy atom. The average Bonchev–Trinajstić information content (AvgIpc) is 2.96. The molecule has 2 bridgehead atoms. The van der Waals surface area contributed by atoms with Crippen LogP contribution in [-0.4, -0.2) is 24.7 Å². The van der Waals surface area contributed by atoms with Crippen molar-refractivity contribution in [3.05, 3.63) is 11.9 Å². The first-order valence-electron chi connectivity index (χ1n) is 7.19. The zero-order valence-electron chi connectivity index (χ0n) is 12.5. The van der Waals surface area contributed by atoms with Crippen LogP contribution in [0.1, 0.15) is 45.7 Å². The third kappa shape index (κ3) is 1.84. The molecule has 5 nitrogen and oxygen atoms in total. The van der Waals surface area contributed by atoms with Crippen molar-refractivity contribution in [1.29, 1.82) is 0 Å². The third-order valence-corrected chi connectivity index (χ3v) is 7.15. The summed E-state index contributed by atoms with van der Waals surface area (Å²) in [5, 5.41) is 6.51. The van der Waals surface area contributed by atoms with E-state index in [-0.39, 0.29) is 21.8 Å². The molecule has 112 valence electrons. The lowest BCUT2D eigenvalue weighted by Crippen LogP contribution is -2.52. The Kier molecular flexibility index (Phi) is 2.86. The SMILES string of the molecule is Cc1[nH]ncc1S(=O)(=O)NC1C2(C)CCC(C2)C1(C)C. The van der Waals surface area contributed by atoms with Gasteiger partial charge in [-0.05, 0) is 42.9 Å². The number of aromatic nitrogens is 2. The molecule has 0 radical (unpaired) electrons. The van der Waals surface area contributed by atoms with Crippen molar-refractivity contribution in [1.82, 2.24) is 14.9 Å². The van der Waals surface area contributed by atoms with Gasteiger partial charge in [-0.1, -0.05) is 20.8 Å². The fraction of sp³-hybridized carbons (Fsp3) is 0.786. The second-order valence-electron chi connectivity index (χ2n) is 7.33. The first-order chi connectivity index (χ1) is 9.17. The Bertz CT molecular complexity index is 630. The van der Waals surface area contributed by atoms with Crippen molar-refractivity contribution < 1.29 is 8.42 Å². The van der Waals surface area contributed by atoms with Crippen LogP contribution in [-0.2, 0) is 10.0 Å². The van der Waals surface area contributed by atoms with Gasteiger partial charge in [-0.3, -0.25) is 5.10 Å². The summed E-state index contributed by atoms with van der Waals surface area (Å²) in [5.74, 6) is 0.616. The van der Waals surface area contributed by atoms with Crippen molar-refractivity contribution in [3.8, 4) is 0 Å². The quantitative estimate of drug-likeness (QED) is 0.898. The molecule has 1 heterocycles. The van der Waals surface area contributed by atoms with Crippen molar-refractivity contribution in [2.45, 2.75) is 57.9 Å². The molecule has 1 aromatic rings. The summed E-state index contributed by atoms with van der Waals surface area (Å²) >= 11 is 0. The third-order valence-electron chi connectivity index (χ3n) is 5.62. The highest BCUT2D eigenvalue weighted by Crippen LogP contribution is 2.62. The van der Waals surface area contributed by atoms with Gasteiger partial charge in [0.1, 0.15) is 4.90 Å². The van der Waals surface area contributed by atoms with Gasteiger partial charge < -0.3 is 0 Å². The van der Waals surface area contributed by atoms with Gasteiger partial charge in [-0.2, -0.15) is 5.10 Å². The van der Waals surface area contributed by atoms with Crippen molar-refractivity contribution in [3.63, 3.8) is 0 Å². The average molecular weight is 297 g/mol. The Hall–Kier alpha value is -0.880. The van der Waals surface area contributed by atoms with Gasteiger partial charge in [-0.15, -0.1) is 0 Å². The molecule has 0 aromatic carbocycles. The Balaban J connectivity index is 1.94. The summed E-state index contributed by atoms with van der Waals surface area (Å²) < 4.78 is 28.2. The fourth-order valence-electron chi connectivity index (χ4n) is 4.43. The molecule has 2 aliphatic rings. The van der Waals surface area contributed by atoms with E-state index in [0.717, 1.165) is 12.8 Å². The lowest BCUT2D eigenvalue weighted by Gasteiger charge is -2.42. The monoisotopic (exact) mass is 297 g/mol. The molecule has 0 saturated heterocycles. The van der Waals surface area contributed by atoms with Gasteiger partial charge in [0.15, 0.2) is 0 Å². The van der Waals surface area contributed by atoms with Crippen LogP contribution in [0, 0.1) is 23.7 Å². The number of aryl methyl sites for hydroxylation is 1. The predicted octanol–water partition coefficient (Wildman–Crippen LogP) is 2.21. The highest BCUT2D eigenvalue weighted by molar-refractivity contribution is 7.89. The Morgan fingerprint density at radius 1 is 1.40 bits per heavy atom. The van der Waals surface area contributed by atoms with Crippen LogP contribution in [0.15, 0.2) is 11.1 Å². The molecule has 0 spiro atoms. The van der Waals surface area contributed by atoms with Gasteiger partial charge in [0.25, 0.3) is 0 Å². The topological polar surface area (TPSA) is 74.8 Å². The van der Waals surface area contributed by atoms with Crippen LogP contribution in [0.2, 0.25) is 0 Å². The van der Waals surface area contributed by atoms with E-state index in [1.165, 1.54) is 12.6 Å².